The van der Waals surface area contributed by atoms with Crippen molar-refractivity contribution in [3.63, 3.8) is 0 Å². The molecule has 3 nitrogen and oxygen atoms in total. The average Bonchev–Trinajstić information content (AvgIpc) is 2.41. The predicted molar refractivity (Wildman–Crippen MR) is 80.7 cm³/mol. The average molecular weight is 337 g/mol. The molecule has 0 aliphatic rings. The third-order valence-corrected chi connectivity index (χ3v) is 4.34. The van der Waals surface area contributed by atoms with Gasteiger partial charge in [-0.15, -0.1) is 0 Å². The third-order valence-electron chi connectivity index (χ3n) is 3.51. The molecule has 0 unspecified atom stereocenters. The van der Waals surface area contributed by atoms with Crippen molar-refractivity contribution in [1.82, 2.24) is 0 Å². The van der Waals surface area contributed by atoms with Gasteiger partial charge in [-0.2, -0.15) is 0 Å². The van der Waals surface area contributed by atoms with Crippen LogP contribution in [0.1, 0.15) is 63.9 Å². The van der Waals surface area contributed by atoms with Crippen molar-refractivity contribution in [2.75, 3.05) is 0 Å². The minimum Gasteiger partial charge on any atom is -0.744 e. The SMILES string of the molecule is CCCCCCCCCCc1cccc(S(=O)(=O)[O-])c1.[K+]. The van der Waals surface area contributed by atoms with E-state index in [9.17, 15) is 13.0 Å². The van der Waals surface area contributed by atoms with Gasteiger partial charge in [0.1, 0.15) is 10.1 Å². The summed E-state index contributed by atoms with van der Waals surface area (Å²) in [7, 11) is -4.32. The van der Waals surface area contributed by atoms with Crippen molar-refractivity contribution < 1.29 is 64.4 Å². The summed E-state index contributed by atoms with van der Waals surface area (Å²) >= 11 is 0. The molecule has 0 aliphatic carbocycles. The first-order chi connectivity index (χ1) is 9.54. The van der Waals surface area contributed by atoms with Crippen molar-refractivity contribution in [3.05, 3.63) is 29.8 Å². The molecular formula is C16H25KO3S. The molecule has 21 heavy (non-hydrogen) atoms. The smallest absolute Gasteiger partial charge is 0.744 e. The van der Waals surface area contributed by atoms with Gasteiger partial charge in [0.25, 0.3) is 0 Å². The minimum absolute atomic E-state index is 0. The minimum atomic E-state index is -4.32. The molecule has 1 rings (SSSR count). The summed E-state index contributed by atoms with van der Waals surface area (Å²) in [6, 6.07) is 6.39. The second-order valence-electron chi connectivity index (χ2n) is 5.33. The van der Waals surface area contributed by atoms with Crippen molar-refractivity contribution >= 4 is 10.1 Å². The number of rotatable bonds is 10. The van der Waals surface area contributed by atoms with Crippen LogP contribution in [-0.2, 0) is 16.5 Å². The summed E-state index contributed by atoms with van der Waals surface area (Å²) in [5, 5.41) is 0. The fourth-order valence-corrected chi connectivity index (χ4v) is 2.86. The van der Waals surface area contributed by atoms with Gasteiger partial charge in [0.05, 0.1) is 4.90 Å². The summed E-state index contributed by atoms with van der Waals surface area (Å²) in [5.74, 6) is 0. The summed E-state index contributed by atoms with van der Waals surface area (Å²) in [4.78, 5) is -0.116. The number of hydrogen-bond acceptors (Lipinski definition) is 3. The van der Waals surface area contributed by atoms with Gasteiger partial charge in [-0.05, 0) is 30.5 Å². The third kappa shape index (κ3) is 10.2. The van der Waals surface area contributed by atoms with Gasteiger partial charge >= 0.3 is 51.4 Å². The molecule has 114 valence electrons. The Balaban J connectivity index is 0.00000400. The molecule has 0 atom stereocenters. The van der Waals surface area contributed by atoms with Crippen LogP contribution in [0.25, 0.3) is 0 Å². The Labute approximate surface area is 172 Å². The normalized spacial score (nSPS) is 11.1. The molecule has 0 amide bonds. The molecule has 0 radical (unpaired) electrons. The molecule has 0 spiro atoms. The molecule has 5 heteroatoms. The molecular weight excluding hydrogens is 311 g/mol. The Hall–Kier alpha value is 0.766. The summed E-state index contributed by atoms with van der Waals surface area (Å²) in [5.41, 5.74) is 0.938. The maximum Gasteiger partial charge on any atom is 1.00 e. The van der Waals surface area contributed by atoms with Crippen LogP contribution >= 0.6 is 0 Å². The van der Waals surface area contributed by atoms with E-state index in [1.807, 2.05) is 6.07 Å². The number of aryl methyl sites for hydroxylation is 1. The van der Waals surface area contributed by atoms with Gasteiger partial charge in [-0.25, -0.2) is 8.42 Å². The van der Waals surface area contributed by atoms with E-state index in [0.717, 1.165) is 18.4 Å². The molecule has 0 saturated carbocycles. The summed E-state index contributed by atoms with van der Waals surface area (Å²) in [6.45, 7) is 2.22. The van der Waals surface area contributed by atoms with Crippen LogP contribution in [0.2, 0.25) is 0 Å². The first kappa shape index (κ1) is 21.8. The number of hydrogen-bond donors (Lipinski definition) is 0. The van der Waals surface area contributed by atoms with Crippen LogP contribution in [-0.4, -0.2) is 13.0 Å². The topological polar surface area (TPSA) is 57.2 Å². The molecule has 0 fully saturated rings. The second kappa shape index (κ2) is 12.2. The van der Waals surface area contributed by atoms with Crippen LogP contribution in [0, 0.1) is 0 Å². The fraction of sp³-hybridized carbons (Fsp3) is 0.625. The number of benzene rings is 1. The zero-order chi connectivity index (χ0) is 14.8. The van der Waals surface area contributed by atoms with Gasteiger partial charge in [0.15, 0.2) is 0 Å². The summed E-state index contributed by atoms with van der Waals surface area (Å²) < 4.78 is 32.8. The largest absolute Gasteiger partial charge is 1.00 e. The van der Waals surface area contributed by atoms with Crippen LogP contribution in [0.3, 0.4) is 0 Å². The molecule has 0 aliphatic heterocycles. The molecule has 0 N–H and O–H groups in total. The fourth-order valence-electron chi connectivity index (χ4n) is 2.32. The first-order valence-electron chi connectivity index (χ1n) is 7.59. The van der Waals surface area contributed by atoms with Gasteiger partial charge in [-0.1, -0.05) is 64.0 Å². The van der Waals surface area contributed by atoms with Crippen LogP contribution < -0.4 is 51.4 Å². The van der Waals surface area contributed by atoms with Crippen molar-refractivity contribution in [1.29, 1.82) is 0 Å². The van der Waals surface area contributed by atoms with E-state index in [2.05, 4.69) is 6.92 Å². The van der Waals surface area contributed by atoms with Crippen LogP contribution in [0.5, 0.6) is 0 Å². The molecule has 0 saturated heterocycles. The Morgan fingerprint density at radius 3 is 2.10 bits per heavy atom. The summed E-state index contributed by atoms with van der Waals surface area (Å²) in [6.07, 6.45) is 10.8. The maximum absolute atomic E-state index is 10.9. The standard InChI is InChI=1S/C16H26O3S.K/c1-2-3-4-5-6-7-8-9-11-15-12-10-13-16(14-15)20(17,18)19;/h10,12-14H,2-9,11H2,1H3,(H,17,18,19);/q;+1/p-1. The van der Waals surface area contributed by atoms with E-state index in [4.69, 9.17) is 0 Å². The molecule has 1 aromatic carbocycles. The van der Waals surface area contributed by atoms with E-state index in [-0.39, 0.29) is 56.3 Å². The van der Waals surface area contributed by atoms with E-state index < -0.39 is 10.1 Å². The van der Waals surface area contributed by atoms with Gasteiger partial charge in [-0.3, -0.25) is 0 Å². The molecule has 0 bridgehead atoms. The zero-order valence-corrected chi connectivity index (χ0v) is 17.2. The predicted octanol–water partition coefficient (Wildman–Crippen LogP) is 1.28. The van der Waals surface area contributed by atoms with Crippen LogP contribution in [0.15, 0.2) is 29.2 Å². The van der Waals surface area contributed by atoms with Crippen LogP contribution in [0.4, 0.5) is 0 Å². The molecule has 1 aromatic rings. The van der Waals surface area contributed by atoms with Gasteiger partial charge in [0, 0.05) is 0 Å². The van der Waals surface area contributed by atoms with Crippen molar-refractivity contribution in [3.8, 4) is 0 Å². The maximum atomic E-state index is 10.9. The number of unbranched alkanes of at least 4 members (excludes halogenated alkanes) is 7. The second-order valence-corrected chi connectivity index (χ2v) is 6.71. The first-order valence-corrected chi connectivity index (χ1v) is 8.99. The Morgan fingerprint density at radius 2 is 1.52 bits per heavy atom. The molecule has 0 heterocycles. The van der Waals surface area contributed by atoms with E-state index >= 15 is 0 Å². The van der Waals surface area contributed by atoms with E-state index in [1.165, 1.54) is 57.1 Å². The van der Waals surface area contributed by atoms with Gasteiger partial charge < -0.3 is 4.55 Å². The Kier molecular flexibility index (Phi) is 12.7. The zero-order valence-electron chi connectivity index (χ0n) is 13.3. The molecule has 0 aromatic heterocycles. The Bertz CT molecular complexity index is 486. The van der Waals surface area contributed by atoms with Gasteiger partial charge in [0.2, 0.25) is 0 Å². The Morgan fingerprint density at radius 1 is 0.952 bits per heavy atom. The van der Waals surface area contributed by atoms with E-state index in [0.29, 0.717) is 0 Å². The van der Waals surface area contributed by atoms with E-state index in [1.54, 1.807) is 6.07 Å². The quantitative estimate of drug-likeness (QED) is 0.367. The monoisotopic (exact) mass is 336 g/mol. The van der Waals surface area contributed by atoms with Crippen molar-refractivity contribution in [2.24, 2.45) is 0 Å². The van der Waals surface area contributed by atoms with Crippen molar-refractivity contribution in [2.45, 2.75) is 69.6 Å².